The molecule has 2 N–H and O–H groups in total. The quantitative estimate of drug-likeness (QED) is 0.795. The van der Waals surface area contributed by atoms with E-state index in [2.05, 4.69) is 0 Å². The van der Waals surface area contributed by atoms with Gasteiger partial charge in [-0.15, -0.1) is 0 Å². The summed E-state index contributed by atoms with van der Waals surface area (Å²) in [5, 5.41) is 0. The first-order valence-corrected chi connectivity index (χ1v) is 5.54. The van der Waals surface area contributed by atoms with E-state index in [9.17, 15) is 4.79 Å². The molecule has 0 fully saturated rings. The van der Waals surface area contributed by atoms with Gasteiger partial charge in [0.05, 0.1) is 20.8 Å². The van der Waals surface area contributed by atoms with Crippen LogP contribution in [0.15, 0.2) is 12.1 Å². The van der Waals surface area contributed by atoms with Gasteiger partial charge in [0, 0.05) is 5.56 Å². The number of nitrogens with two attached hydrogens (primary N) is 1. The fourth-order valence-corrected chi connectivity index (χ4v) is 1.72. The van der Waals surface area contributed by atoms with E-state index in [1.54, 1.807) is 20.3 Å². The first-order valence-electron chi connectivity index (χ1n) is 5.54. The van der Waals surface area contributed by atoms with Gasteiger partial charge in [-0.3, -0.25) is 4.79 Å². The normalized spacial score (nSPS) is 10.5. The lowest BCUT2D eigenvalue weighted by Crippen LogP contribution is -2.16. The minimum absolute atomic E-state index is 0.00476. The van der Waals surface area contributed by atoms with Crippen LogP contribution in [0.2, 0.25) is 0 Å². The van der Waals surface area contributed by atoms with Crippen molar-refractivity contribution in [3.63, 3.8) is 0 Å². The third-order valence-corrected chi connectivity index (χ3v) is 2.66. The maximum atomic E-state index is 11.8. The van der Waals surface area contributed by atoms with Crippen molar-refractivity contribution in [2.45, 2.75) is 19.8 Å². The Morgan fingerprint density at radius 1 is 1.24 bits per heavy atom. The van der Waals surface area contributed by atoms with Crippen molar-refractivity contribution in [1.29, 1.82) is 0 Å². The fraction of sp³-hybridized carbons (Fsp3) is 0.462. The number of ketones is 1. The Morgan fingerprint density at radius 3 is 2.18 bits per heavy atom. The summed E-state index contributed by atoms with van der Waals surface area (Å²) in [6, 6.07) is 3.54. The number of rotatable bonds is 5. The standard InChI is InChI=1S/C13H19NO3/c1-8(2)9-5-12(16-3)13(17-4)6-10(9)11(15)7-14/h5-6,8H,7,14H2,1-4H3. The van der Waals surface area contributed by atoms with Gasteiger partial charge < -0.3 is 15.2 Å². The van der Waals surface area contributed by atoms with Crippen LogP contribution in [0.5, 0.6) is 11.5 Å². The molecule has 1 rings (SSSR count). The van der Waals surface area contributed by atoms with Crippen LogP contribution in [0.4, 0.5) is 0 Å². The summed E-state index contributed by atoms with van der Waals surface area (Å²) in [7, 11) is 3.12. The second kappa shape index (κ2) is 5.68. The Hall–Kier alpha value is -1.55. The number of carbonyl (C=O) groups is 1. The highest BCUT2D eigenvalue weighted by molar-refractivity contribution is 5.99. The van der Waals surface area contributed by atoms with Crippen molar-refractivity contribution in [2.75, 3.05) is 20.8 Å². The molecule has 0 saturated heterocycles. The van der Waals surface area contributed by atoms with Gasteiger partial charge in [0.15, 0.2) is 17.3 Å². The first-order chi connectivity index (χ1) is 8.04. The molecule has 0 aliphatic carbocycles. The average Bonchev–Trinajstić information content (AvgIpc) is 2.35. The van der Waals surface area contributed by atoms with E-state index in [-0.39, 0.29) is 18.2 Å². The molecule has 0 heterocycles. The molecule has 0 bridgehead atoms. The fourth-order valence-electron chi connectivity index (χ4n) is 1.72. The SMILES string of the molecule is COc1cc(C(=O)CN)c(C(C)C)cc1OC. The molecule has 4 heteroatoms. The topological polar surface area (TPSA) is 61.5 Å². The molecule has 94 valence electrons. The summed E-state index contributed by atoms with van der Waals surface area (Å²) < 4.78 is 10.4. The van der Waals surface area contributed by atoms with Crippen LogP contribution in [0.3, 0.4) is 0 Å². The van der Waals surface area contributed by atoms with E-state index < -0.39 is 0 Å². The number of hydrogen-bond donors (Lipinski definition) is 1. The van der Waals surface area contributed by atoms with Crippen LogP contribution >= 0.6 is 0 Å². The molecule has 1 aromatic rings. The lowest BCUT2D eigenvalue weighted by atomic mass is 9.94. The van der Waals surface area contributed by atoms with Crippen LogP contribution in [-0.2, 0) is 0 Å². The van der Waals surface area contributed by atoms with E-state index >= 15 is 0 Å². The van der Waals surface area contributed by atoms with Gasteiger partial charge >= 0.3 is 0 Å². The van der Waals surface area contributed by atoms with E-state index in [1.165, 1.54) is 0 Å². The second-order valence-corrected chi connectivity index (χ2v) is 4.08. The number of ether oxygens (including phenoxy) is 2. The van der Waals surface area contributed by atoms with Crippen LogP contribution in [0, 0.1) is 0 Å². The van der Waals surface area contributed by atoms with Gasteiger partial charge in [0.25, 0.3) is 0 Å². The smallest absolute Gasteiger partial charge is 0.176 e. The summed E-state index contributed by atoms with van der Waals surface area (Å²) >= 11 is 0. The molecule has 1 aromatic carbocycles. The molecule has 0 spiro atoms. The molecule has 0 atom stereocenters. The average molecular weight is 237 g/mol. The molecular weight excluding hydrogens is 218 g/mol. The molecule has 0 radical (unpaired) electrons. The molecule has 0 aliphatic heterocycles. The number of carbonyl (C=O) groups excluding carboxylic acids is 1. The van der Waals surface area contributed by atoms with Crippen LogP contribution in [-0.4, -0.2) is 26.5 Å². The lowest BCUT2D eigenvalue weighted by molar-refractivity contribution is 0.0999. The van der Waals surface area contributed by atoms with E-state index in [1.807, 2.05) is 19.9 Å². The zero-order valence-electron chi connectivity index (χ0n) is 10.7. The van der Waals surface area contributed by atoms with E-state index in [0.29, 0.717) is 17.1 Å². The summed E-state index contributed by atoms with van der Waals surface area (Å²) in [6.45, 7) is 4.04. The zero-order chi connectivity index (χ0) is 13.0. The Balaban J connectivity index is 3.40. The Kier molecular flexibility index (Phi) is 4.52. The molecule has 0 unspecified atom stereocenters. The maximum Gasteiger partial charge on any atom is 0.176 e. The Bertz CT molecular complexity index is 413. The first kappa shape index (κ1) is 13.5. The van der Waals surface area contributed by atoms with Crippen molar-refractivity contribution < 1.29 is 14.3 Å². The number of benzene rings is 1. The van der Waals surface area contributed by atoms with Gasteiger partial charge in [-0.1, -0.05) is 13.8 Å². The minimum atomic E-state index is -0.0883. The number of methoxy groups -OCH3 is 2. The summed E-state index contributed by atoms with van der Waals surface area (Å²) in [4.78, 5) is 11.8. The van der Waals surface area contributed by atoms with Crippen molar-refractivity contribution >= 4 is 5.78 Å². The highest BCUT2D eigenvalue weighted by Gasteiger charge is 2.17. The van der Waals surface area contributed by atoms with Crippen LogP contribution < -0.4 is 15.2 Å². The van der Waals surface area contributed by atoms with E-state index in [4.69, 9.17) is 15.2 Å². The van der Waals surface area contributed by atoms with Crippen molar-refractivity contribution in [3.8, 4) is 11.5 Å². The largest absolute Gasteiger partial charge is 0.493 e. The van der Waals surface area contributed by atoms with Crippen LogP contribution in [0.1, 0.15) is 35.7 Å². The minimum Gasteiger partial charge on any atom is -0.493 e. The van der Waals surface area contributed by atoms with Crippen molar-refractivity contribution in [2.24, 2.45) is 5.73 Å². The molecule has 0 aromatic heterocycles. The van der Waals surface area contributed by atoms with Gasteiger partial charge in [-0.05, 0) is 23.6 Å². The predicted octanol–water partition coefficient (Wildman–Crippen LogP) is 1.97. The van der Waals surface area contributed by atoms with Crippen molar-refractivity contribution in [3.05, 3.63) is 23.3 Å². The lowest BCUT2D eigenvalue weighted by Gasteiger charge is -2.16. The van der Waals surface area contributed by atoms with E-state index in [0.717, 1.165) is 5.56 Å². The summed E-state index contributed by atoms with van der Waals surface area (Å²) in [5.74, 6) is 1.31. The van der Waals surface area contributed by atoms with Gasteiger partial charge in [-0.2, -0.15) is 0 Å². The predicted molar refractivity (Wildman–Crippen MR) is 67.0 cm³/mol. The highest BCUT2D eigenvalue weighted by Crippen LogP contribution is 2.33. The van der Waals surface area contributed by atoms with Crippen LogP contribution in [0.25, 0.3) is 0 Å². The van der Waals surface area contributed by atoms with Crippen molar-refractivity contribution in [1.82, 2.24) is 0 Å². The molecule has 0 saturated carbocycles. The summed E-state index contributed by atoms with van der Waals surface area (Å²) in [6.07, 6.45) is 0. The molecule has 0 aliphatic rings. The molecule has 0 amide bonds. The Labute approximate surface area is 102 Å². The zero-order valence-corrected chi connectivity index (χ0v) is 10.7. The number of Topliss-reactive ketones (excluding diaryl/α,β-unsaturated/α-hetero) is 1. The van der Waals surface area contributed by atoms with Gasteiger partial charge in [0.2, 0.25) is 0 Å². The highest BCUT2D eigenvalue weighted by atomic mass is 16.5. The third-order valence-electron chi connectivity index (χ3n) is 2.66. The maximum absolute atomic E-state index is 11.8. The van der Waals surface area contributed by atoms with Gasteiger partial charge in [0.1, 0.15) is 0 Å². The monoisotopic (exact) mass is 237 g/mol. The molecular formula is C13H19NO3. The van der Waals surface area contributed by atoms with Gasteiger partial charge in [-0.25, -0.2) is 0 Å². The number of hydrogen-bond acceptors (Lipinski definition) is 4. The third kappa shape index (κ3) is 2.77. The molecule has 4 nitrogen and oxygen atoms in total. The second-order valence-electron chi connectivity index (χ2n) is 4.08. The Morgan fingerprint density at radius 2 is 1.76 bits per heavy atom. The summed E-state index contributed by atoms with van der Waals surface area (Å²) in [5.41, 5.74) is 6.95. The molecule has 17 heavy (non-hydrogen) atoms.